The second-order valence-corrected chi connectivity index (χ2v) is 7.48. The van der Waals surface area contributed by atoms with Crippen LogP contribution in [0, 0.1) is 0 Å². The van der Waals surface area contributed by atoms with E-state index in [0.29, 0.717) is 22.9 Å². The molecule has 0 atom stereocenters. The first-order valence-electron chi connectivity index (χ1n) is 8.74. The van der Waals surface area contributed by atoms with E-state index < -0.39 is 0 Å². The first-order valence-corrected chi connectivity index (χ1v) is 9.56. The van der Waals surface area contributed by atoms with Gasteiger partial charge in [0.15, 0.2) is 18.1 Å². The summed E-state index contributed by atoms with van der Waals surface area (Å²) in [4.78, 5) is 26.3. The molecule has 28 heavy (non-hydrogen) atoms. The van der Waals surface area contributed by atoms with Crippen molar-refractivity contribution in [2.24, 2.45) is 0 Å². The Bertz CT molecular complexity index is 964. The van der Waals surface area contributed by atoms with Gasteiger partial charge in [0, 0.05) is 25.3 Å². The van der Waals surface area contributed by atoms with Gasteiger partial charge in [-0.1, -0.05) is 24.3 Å². The highest BCUT2D eigenvalue weighted by Gasteiger charge is 2.12. The van der Waals surface area contributed by atoms with E-state index in [1.54, 1.807) is 26.2 Å². The molecule has 2 aromatic carbocycles. The van der Waals surface area contributed by atoms with Gasteiger partial charge in [-0.2, -0.15) is 0 Å². The van der Waals surface area contributed by atoms with E-state index in [4.69, 9.17) is 9.47 Å². The standard InChI is InChI=1S/C21H22N2O4S/c1-23(2)20(24)13-27-16-9-8-14(10-17(16)26-3)12-22-21(25)19-11-15-6-4-5-7-18(15)28-19/h4-11H,12-13H2,1-3H3,(H,22,25). The van der Waals surface area contributed by atoms with E-state index in [-0.39, 0.29) is 18.4 Å². The predicted molar refractivity (Wildman–Crippen MR) is 110 cm³/mol. The first kappa shape index (κ1) is 19.7. The zero-order valence-corrected chi connectivity index (χ0v) is 16.8. The molecule has 0 aliphatic carbocycles. The number of hydrogen-bond donors (Lipinski definition) is 1. The summed E-state index contributed by atoms with van der Waals surface area (Å²) < 4.78 is 12.0. The fraction of sp³-hybridized carbons (Fsp3) is 0.238. The molecule has 1 N–H and O–H groups in total. The van der Waals surface area contributed by atoms with Crippen LogP contribution in [0.4, 0.5) is 0 Å². The SMILES string of the molecule is COc1cc(CNC(=O)c2cc3ccccc3s2)ccc1OCC(=O)N(C)C. The maximum atomic E-state index is 12.5. The lowest BCUT2D eigenvalue weighted by atomic mass is 10.2. The van der Waals surface area contributed by atoms with Crippen molar-refractivity contribution in [2.45, 2.75) is 6.54 Å². The van der Waals surface area contributed by atoms with E-state index in [0.717, 1.165) is 15.6 Å². The summed E-state index contributed by atoms with van der Waals surface area (Å²) in [7, 11) is 4.88. The molecule has 1 aromatic heterocycles. The van der Waals surface area contributed by atoms with E-state index in [1.165, 1.54) is 23.3 Å². The van der Waals surface area contributed by atoms with Crippen molar-refractivity contribution >= 4 is 33.2 Å². The van der Waals surface area contributed by atoms with Gasteiger partial charge in [-0.15, -0.1) is 11.3 Å². The number of methoxy groups -OCH3 is 1. The van der Waals surface area contributed by atoms with Gasteiger partial charge in [-0.25, -0.2) is 0 Å². The lowest BCUT2D eigenvalue weighted by Gasteiger charge is -2.14. The van der Waals surface area contributed by atoms with E-state index in [1.807, 2.05) is 36.4 Å². The maximum Gasteiger partial charge on any atom is 0.261 e. The van der Waals surface area contributed by atoms with Crippen LogP contribution in [-0.2, 0) is 11.3 Å². The number of nitrogens with zero attached hydrogens (tertiary/aromatic N) is 1. The fourth-order valence-electron chi connectivity index (χ4n) is 2.57. The van der Waals surface area contributed by atoms with E-state index in [2.05, 4.69) is 5.32 Å². The van der Waals surface area contributed by atoms with Crippen molar-refractivity contribution in [3.63, 3.8) is 0 Å². The average molecular weight is 398 g/mol. The van der Waals surface area contributed by atoms with Crippen molar-refractivity contribution < 1.29 is 19.1 Å². The highest BCUT2D eigenvalue weighted by molar-refractivity contribution is 7.20. The molecule has 0 fully saturated rings. The molecule has 0 radical (unpaired) electrons. The Labute approximate surface area is 167 Å². The lowest BCUT2D eigenvalue weighted by molar-refractivity contribution is -0.130. The molecule has 1 heterocycles. The summed E-state index contributed by atoms with van der Waals surface area (Å²) in [5, 5.41) is 3.99. The molecular formula is C21H22N2O4S. The van der Waals surface area contributed by atoms with Crippen molar-refractivity contribution in [1.82, 2.24) is 10.2 Å². The minimum atomic E-state index is -0.137. The Kier molecular flexibility index (Phi) is 6.16. The van der Waals surface area contributed by atoms with Crippen LogP contribution in [0.25, 0.3) is 10.1 Å². The van der Waals surface area contributed by atoms with Crippen LogP contribution in [-0.4, -0.2) is 44.5 Å². The molecule has 0 unspecified atom stereocenters. The third kappa shape index (κ3) is 4.61. The quantitative estimate of drug-likeness (QED) is 0.663. The Morgan fingerprint density at radius 2 is 1.86 bits per heavy atom. The van der Waals surface area contributed by atoms with Crippen LogP contribution in [0.2, 0.25) is 0 Å². The Morgan fingerprint density at radius 3 is 2.57 bits per heavy atom. The summed E-state index contributed by atoms with van der Waals surface area (Å²) in [6, 6.07) is 15.2. The number of rotatable bonds is 7. The van der Waals surface area contributed by atoms with Gasteiger partial charge >= 0.3 is 0 Å². The Morgan fingerprint density at radius 1 is 1.07 bits per heavy atom. The summed E-state index contributed by atoms with van der Waals surface area (Å²) in [5.41, 5.74) is 0.873. The largest absolute Gasteiger partial charge is 0.493 e. The highest BCUT2D eigenvalue weighted by atomic mass is 32.1. The smallest absolute Gasteiger partial charge is 0.261 e. The number of benzene rings is 2. The molecule has 7 heteroatoms. The highest BCUT2D eigenvalue weighted by Crippen LogP contribution is 2.28. The third-order valence-corrected chi connectivity index (χ3v) is 5.30. The molecule has 3 aromatic rings. The van der Waals surface area contributed by atoms with Crippen molar-refractivity contribution in [3.8, 4) is 11.5 Å². The fourth-order valence-corrected chi connectivity index (χ4v) is 3.55. The van der Waals surface area contributed by atoms with Crippen LogP contribution >= 0.6 is 11.3 Å². The molecule has 0 saturated carbocycles. The van der Waals surface area contributed by atoms with Crippen molar-refractivity contribution in [2.75, 3.05) is 27.8 Å². The number of nitrogens with one attached hydrogen (secondary N) is 1. The van der Waals surface area contributed by atoms with Gasteiger partial charge < -0.3 is 19.7 Å². The van der Waals surface area contributed by atoms with Crippen LogP contribution in [0.15, 0.2) is 48.5 Å². The number of amides is 2. The third-order valence-electron chi connectivity index (χ3n) is 4.18. The maximum absolute atomic E-state index is 12.5. The number of carbonyl (C=O) groups excluding carboxylic acids is 2. The molecule has 6 nitrogen and oxygen atoms in total. The molecule has 2 amide bonds. The predicted octanol–water partition coefficient (Wildman–Crippen LogP) is 3.31. The van der Waals surface area contributed by atoms with Crippen LogP contribution in [0.1, 0.15) is 15.2 Å². The molecule has 0 saturated heterocycles. The summed E-state index contributed by atoms with van der Waals surface area (Å²) >= 11 is 1.47. The summed E-state index contributed by atoms with van der Waals surface area (Å²) in [5.74, 6) is 0.747. The summed E-state index contributed by atoms with van der Waals surface area (Å²) in [6.45, 7) is 0.297. The number of hydrogen-bond acceptors (Lipinski definition) is 5. The number of thiophene rings is 1. The van der Waals surface area contributed by atoms with Crippen LogP contribution in [0.5, 0.6) is 11.5 Å². The van der Waals surface area contributed by atoms with Crippen LogP contribution < -0.4 is 14.8 Å². The minimum absolute atomic E-state index is 0.0641. The minimum Gasteiger partial charge on any atom is -0.493 e. The second kappa shape index (κ2) is 8.75. The molecule has 0 aliphatic heterocycles. The monoisotopic (exact) mass is 398 g/mol. The number of ether oxygens (including phenoxy) is 2. The zero-order valence-electron chi connectivity index (χ0n) is 16.0. The number of likely N-dealkylation sites (N-methyl/N-ethyl adjacent to an activating group) is 1. The molecular weight excluding hydrogens is 376 g/mol. The Balaban J connectivity index is 1.63. The van der Waals surface area contributed by atoms with Gasteiger partial charge in [0.05, 0.1) is 12.0 Å². The van der Waals surface area contributed by atoms with Gasteiger partial charge in [0.1, 0.15) is 0 Å². The first-order chi connectivity index (χ1) is 13.5. The van der Waals surface area contributed by atoms with Gasteiger partial charge in [0.2, 0.25) is 0 Å². The molecule has 3 rings (SSSR count). The van der Waals surface area contributed by atoms with Crippen molar-refractivity contribution in [1.29, 1.82) is 0 Å². The second-order valence-electron chi connectivity index (χ2n) is 6.39. The average Bonchev–Trinajstić information content (AvgIpc) is 3.14. The van der Waals surface area contributed by atoms with Crippen molar-refractivity contribution in [3.05, 3.63) is 59.0 Å². The summed E-state index contributed by atoms with van der Waals surface area (Å²) in [6.07, 6.45) is 0. The normalized spacial score (nSPS) is 10.5. The number of fused-ring (bicyclic) bond motifs is 1. The van der Waals surface area contributed by atoms with Gasteiger partial charge in [0.25, 0.3) is 11.8 Å². The molecule has 146 valence electrons. The van der Waals surface area contributed by atoms with Gasteiger partial charge in [-0.3, -0.25) is 9.59 Å². The van der Waals surface area contributed by atoms with Gasteiger partial charge in [-0.05, 0) is 35.2 Å². The molecule has 0 spiro atoms. The van der Waals surface area contributed by atoms with Crippen LogP contribution in [0.3, 0.4) is 0 Å². The lowest BCUT2D eigenvalue weighted by Crippen LogP contribution is -2.27. The van der Waals surface area contributed by atoms with E-state index >= 15 is 0 Å². The van der Waals surface area contributed by atoms with E-state index in [9.17, 15) is 9.59 Å². The zero-order chi connectivity index (χ0) is 20.1. The Hall–Kier alpha value is -3.06. The topological polar surface area (TPSA) is 67.9 Å². The molecule has 0 aliphatic rings. The molecule has 0 bridgehead atoms. The number of carbonyl (C=O) groups is 2.